The lowest BCUT2D eigenvalue weighted by atomic mass is 9.94. The summed E-state index contributed by atoms with van der Waals surface area (Å²) < 4.78 is 29.3. The number of nitrogens with zero attached hydrogens (tertiary/aromatic N) is 2. The van der Waals surface area contributed by atoms with E-state index in [2.05, 4.69) is 5.32 Å². The van der Waals surface area contributed by atoms with Crippen LogP contribution in [0.5, 0.6) is 0 Å². The lowest BCUT2D eigenvalue weighted by Gasteiger charge is -2.35. The van der Waals surface area contributed by atoms with Crippen LogP contribution in [0.2, 0.25) is 20.1 Å². The van der Waals surface area contributed by atoms with Crippen LogP contribution >= 0.6 is 46.4 Å². The fourth-order valence-corrected chi connectivity index (χ4v) is 8.01. The van der Waals surface area contributed by atoms with Gasteiger partial charge in [-0.3, -0.25) is 13.9 Å². The monoisotopic (exact) mass is 745 g/mol. The van der Waals surface area contributed by atoms with Gasteiger partial charge in [0, 0.05) is 29.1 Å². The average molecular weight is 748 g/mol. The summed E-state index contributed by atoms with van der Waals surface area (Å²) >= 11 is 25.3. The fraction of sp³-hybridized carbons (Fsp3) is 0.278. The van der Waals surface area contributed by atoms with Crippen LogP contribution in [0.1, 0.15) is 43.2 Å². The van der Waals surface area contributed by atoms with Crippen molar-refractivity contribution in [2.75, 3.05) is 10.8 Å². The van der Waals surface area contributed by atoms with E-state index in [1.807, 2.05) is 30.3 Å². The molecule has 1 aliphatic carbocycles. The molecule has 0 saturated heterocycles. The second-order valence-electron chi connectivity index (χ2n) is 11.7. The SMILES string of the molecule is O=C(NC1CCCCC1)[C@@H](Cc1ccccc1)N(Cc1ccc(Cl)cc1Cl)C(=O)CN(c1ccc(Cl)c(Cl)c1)S(=O)(=O)c1ccccc1. The predicted molar refractivity (Wildman–Crippen MR) is 193 cm³/mol. The zero-order valence-corrected chi connectivity index (χ0v) is 29.8. The molecule has 0 spiro atoms. The maximum atomic E-state index is 14.7. The van der Waals surface area contributed by atoms with Crippen LogP contribution < -0.4 is 9.62 Å². The molecule has 1 aliphatic rings. The number of rotatable bonds is 12. The Morgan fingerprint density at radius 1 is 0.771 bits per heavy atom. The second kappa shape index (κ2) is 16.4. The topological polar surface area (TPSA) is 86.8 Å². The van der Waals surface area contributed by atoms with Crippen molar-refractivity contribution < 1.29 is 18.0 Å². The third-order valence-corrected chi connectivity index (χ3v) is 11.5. The Balaban J connectivity index is 1.59. The van der Waals surface area contributed by atoms with Gasteiger partial charge in [-0.2, -0.15) is 0 Å². The minimum absolute atomic E-state index is 0.0213. The number of sulfonamides is 1. The highest BCUT2D eigenvalue weighted by molar-refractivity contribution is 7.92. The highest BCUT2D eigenvalue weighted by Crippen LogP contribution is 2.31. The van der Waals surface area contributed by atoms with Gasteiger partial charge in [0.25, 0.3) is 10.0 Å². The molecule has 1 N–H and O–H groups in total. The molecule has 0 unspecified atom stereocenters. The predicted octanol–water partition coefficient (Wildman–Crippen LogP) is 8.58. The van der Waals surface area contributed by atoms with E-state index >= 15 is 0 Å². The summed E-state index contributed by atoms with van der Waals surface area (Å²) in [5, 5.41) is 4.26. The molecule has 48 heavy (non-hydrogen) atoms. The standard InChI is InChI=1S/C36H35Cl4N3O4S/c37-27-17-16-26(32(39)21-27)23-42(34(20-25-10-4-1-5-11-25)36(45)41-28-12-6-2-7-13-28)35(44)24-43(29-18-19-31(38)33(40)22-29)48(46,47)30-14-8-3-9-15-30/h1,3-5,8-11,14-19,21-22,28,34H,2,6-7,12-13,20,23-24H2,(H,41,45)/t34-/m1/s1. The Hall–Kier alpha value is -3.27. The molecular weight excluding hydrogens is 712 g/mol. The van der Waals surface area contributed by atoms with Gasteiger partial charge in [0.2, 0.25) is 11.8 Å². The van der Waals surface area contributed by atoms with Crippen LogP contribution in [0.25, 0.3) is 0 Å². The van der Waals surface area contributed by atoms with Gasteiger partial charge in [-0.15, -0.1) is 0 Å². The smallest absolute Gasteiger partial charge is 0.264 e. The van der Waals surface area contributed by atoms with Crippen LogP contribution in [-0.2, 0) is 32.6 Å². The molecule has 12 heteroatoms. The number of benzene rings is 4. The van der Waals surface area contributed by atoms with Crippen LogP contribution in [0.4, 0.5) is 5.69 Å². The number of carbonyl (C=O) groups is 2. The van der Waals surface area contributed by atoms with E-state index in [1.54, 1.807) is 36.4 Å². The zero-order valence-electron chi connectivity index (χ0n) is 26.0. The largest absolute Gasteiger partial charge is 0.352 e. The third kappa shape index (κ3) is 9.04. The molecule has 0 bridgehead atoms. The Labute approximate surface area is 301 Å². The summed E-state index contributed by atoms with van der Waals surface area (Å²) in [6.45, 7) is -0.715. The van der Waals surface area contributed by atoms with E-state index in [0.717, 1.165) is 42.0 Å². The van der Waals surface area contributed by atoms with E-state index in [-0.39, 0.29) is 45.5 Å². The van der Waals surface area contributed by atoms with Crippen LogP contribution in [0.15, 0.2) is 102 Å². The van der Waals surface area contributed by atoms with Crippen molar-refractivity contribution in [3.8, 4) is 0 Å². The average Bonchev–Trinajstić information content (AvgIpc) is 3.08. The molecule has 2 amide bonds. The van der Waals surface area contributed by atoms with Gasteiger partial charge in [-0.1, -0.05) is 120 Å². The molecule has 1 atom stereocenters. The number of hydrogen-bond donors (Lipinski definition) is 1. The van der Waals surface area contributed by atoms with Crippen LogP contribution in [0, 0.1) is 0 Å². The van der Waals surface area contributed by atoms with E-state index in [1.165, 1.54) is 35.2 Å². The van der Waals surface area contributed by atoms with Gasteiger partial charge in [0.05, 0.1) is 20.6 Å². The fourth-order valence-electron chi connectivity index (χ4n) is 5.82. The lowest BCUT2D eigenvalue weighted by Crippen LogP contribution is -2.55. The van der Waals surface area contributed by atoms with Crippen molar-refractivity contribution in [3.63, 3.8) is 0 Å². The molecule has 5 rings (SSSR count). The summed E-state index contributed by atoms with van der Waals surface area (Å²) in [4.78, 5) is 30.3. The molecular formula is C36H35Cl4N3O4S. The number of halogens is 4. The quantitative estimate of drug-likeness (QED) is 0.157. The summed E-state index contributed by atoms with van der Waals surface area (Å²) in [6.07, 6.45) is 5.01. The van der Waals surface area contributed by atoms with E-state index < -0.39 is 28.5 Å². The molecule has 1 fully saturated rings. The maximum Gasteiger partial charge on any atom is 0.264 e. The first-order chi connectivity index (χ1) is 23.0. The van der Waals surface area contributed by atoms with Crippen molar-refractivity contribution in [2.45, 2.75) is 62.0 Å². The first kappa shape index (κ1) is 36.0. The van der Waals surface area contributed by atoms with Gasteiger partial charge in [0.1, 0.15) is 12.6 Å². The van der Waals surface area contributed by atoms with Gasteiger partial charge < -0.3 is 10.2 Å². The molecule has 0 radical (unpaired) electrons. The van der Waals surface area contributed by atoms with Crippen molar-refractivity contribution >= 4 is 73.9 Å². The van der Waals surface area contributed by atoms with Crippen molar-refractivity contribution in [3.05, 3.63) is 128 Å². The number of anilines is 1. The van der Waals surface area contributed by atoms with E-state index in [4.69, 9.17) is 46.4 Å². The Kier molecular flexibility index (Phi) is 12.3. The van der Waals surface area contributed by atoms with Gasteiger partial charge in [-0.05, 0) is 66.4 Å². The van der Waals surface area contributed by atoms with Gasteiger partial charge in [-0.25, -0.2) is 8.42 Å². The Morgan fingerprint density at radius 3 is 2.08 bits per heavy atom. The molecule has 4 aromatic rings. The summed E-state index contributed by atoms with van der Waals surface area (Å²) in [7, 11) is -4.29. The van der Waals surface area contributed by atoms with Crippen molar-refractivity contribution in [2.24, 2.45) is 0 Å². The number of hydrogen-bond acceptors (Lipinski definition) is 4. The third-order valence-electron chi connectivity index (χ3n) is 8.38. The lowest BCUT2D eigenvalue weighted by molar-refractivity contribution is -0.140. The Bertz CT molecular complexity index is 1840. The second-order valence-corrected chi connectivity index (χ2v) is 15.2. The van der Waals surface area contributed by atoms with E-state index in [0.29, 0.717) is 15.6 Å². The van der Waals surface area contributed by atoms with Crippen LogP contribution in [-0.4, -0.2) is 43.8 Å². The first-order valence-electron chi connectivity index (χ1n) is 15.6. The van der Waals surface area contributed by atoms with Gasteiger partial charge in [0.15, 0.2) is 0 Å². The molecule has 7 nitrogen and oxygen atoms in total. The zero-order chi connectivity index (χ0) is 34.3. The summed E-state index contributed by atoms with van der Waals surface area (Å²) in [5.74, 6) is -0.942. The molecule has 0 aliphatic heterocycles. The van der Waals surface area contributed by atoms with Crippen molar-refractivity contribution in [1.29, 1.82) is 0 Å². The normalized spacial score (nSPS) is 14.2. The van der Waals surface area contributed by atoms with E-state index in [9.17, 15) is 18.0 Å². The molecule has 252 valence electrons. The Morgan fingerprint density at radius 2 is 1.44 bits per heavy atom. The van der Waals surface area contributed by atoms with Gasteiger partial charge >= 0.3 is 0 Å². The summed E-state index contributed by atoms with van der Waals surface area (Å²) in [6, 6.07) is 25.4. The summed E-state index contributed by atoms with van der Waals surface area (Å²) in [5.41, 5.74) is 1.52. The van der Waals surface area contributed by atoms with Crippen LogP contribution in [0.3, 0.4) is 0 Å². The van der Waals surface area contributed by atoms with Crippen molar-refractivity contribution in [1.82, 2.24) is 10.2 Å². The maximum absolute atomic E-state index is 14.7. The molecule has 0 heterocycles. The molecule has 1 saturated carbocycles. The molecule has 4 aromatic carbocycles. The number of carbonyl (C=O) groups excluding carboxylic acids is 2. The molecule has 0 aromatic heterocycles. The minimum Gasteiger partial charge on any atom is -0.352 e. The number of amides is 2. The highest BCUT2D eigenvalue weighted by Gasteiger charge is 2.36. The number of nitrogens with one attached hydrogen (secondary N) is 1. The first-order valence-corrected chi connectivity index (χ1v) is 18.6. The highest BCUT2D eigenvalue weighted by atomic mass is 35.5. The minimum atomic E-state index is -4.29.